The molecule has 8 heteroatoms. The van der Waals surface area contributed by atoms with Crippen LogP contribution in [0.1, 0.15) is 0 Å². The molecule has 116 valence electrons. The topological polar surface area (TPSA) is 71.7 Å². The van der Waals surface area contributed by atoms with Crippen LogP contribution in [-0.4, -0.2) is 46.1 Å². The van der Waals surface area contributed by atoms with E-state index >= 15 is 0 Å². The molecule has 2 aromatic heterocycles. The van der Waals surface area contributed by atoms with Crippen LogP contribution in [0.4, 0.5) is 5.13 Å². The number of aromatic nitrogens is 3. The molecule has 0 fully saturated rings. The summed E-state index contributed by atoms with van der Waals surface area (Å²) >= 11 is 7.31. The van der Waals surface area contributed by atoms with E-state index in [1.54, 1.807) is 11.6 Å². The standard InChI is InChI=1S/C14H15ClN4O2S/c1-21-8-11(20)6-16-13-18-19-7-12(17-14(19)22-13)9-2-4-10(15)5-3-9/h2-5,7,11,20H,6,8H2,1H3,(H,16,18). The molecule has 2 heterocycles. The second-order valence-corrected chi connectivity index (χ2v) is 6.15. The molecule has 0 spiro atoms. The highest BCUT2D eigenvalue weighted by Crippen LogP contribution is 2.25. The summed E-state index contributed by atoms with van der Waals surface area (Å²) in [5.74, 6) is 0. The number of halogens is 1. The van der Waals surface area contributed by atoms with Gasteiger partial charge in [0.15, 0.2) is 0 Å². The molecule has 1 unspecified atom stereocenters. The van der Waals surface area contributed by atoms with E-state index in [0.717, 1.165) is 16.2 Å². The van der Waals surface area contributed by atoms with Crippen molar-refractivity contribution in [2.45, 2.75) is 6.10 Å². The van der Waals surface area contributed by atoms with Gasteiger partial charge in [0.05, 0.1) is 24.6 Å². The lowest BCUT2D eigenvalue weighted by Crippen LogP contribution is -2.24. The summed E-state index contributed by atoms with van der Waals surface area (Å²) in [7, 11) is 1.55. The Morgan fingerprint density at radius 1 is 1.41 bits per heavy atom. The van der Waals surface area contributed by atoms with Gasteiger partial charge in [0.25, 0.3) is 0 Å². The van der Waals surface area contributed by atoms with Crippen LogP contribution >= 0.6 is 22.9 Å². The number of benzene rings is 1. The highest BCUT2D eigenvalue weighted by atomic mass is 35.5. The Bertz CT molecular complexity index is 724. The quantitative estimate of drug-likeness (QED) is 0.722. The van der Waals surface area contributed by atoms with E-state index in [-0.39, 0.29) is 6.61 Å². The van der Waals surface area contributed by atoms with Crippen molar-refractivity contribution in [2.75, 3.05) is 25.6 Å². The van der Waals surface area contributed by atoms with Crippen molar-refractivity contribution in [3.05, 3.63) is 35.5 Å². The molecule has 0 amide bonds. The number of rotatable bonds is 6. The van der Waals surface area contributed by atoms with Gasteiger partial charge in [0.2, 0.25) is 10.1 Å². The monoisotopic (exact) mass is 338 g/mol. The van der Waals surface area contributed by atoms with Crippen LogP contribution in [0.15, 0.2) is 30.5 Å². The molecule has 0 radical (unpaired) electrons. The lowest BCUT2D eigenvalue weighted by atomic mass is 10.2. The zero-order valence-electron chi connectivity index (χ0n) is 11.9. The fourth-order valence-electron chi connectivity index (χ4n) is 1.99. The second-order valence-electron chi connectivity index (χ2n) is 4.76. The first-order valence-corrected chi connectivity index (χ1v) is 7.88. The molecule has 3 rings (SSSR count). The first-order chi connectivity index (χ1) is 10.7. The van der Waals surface area contributed by atoms with Crippen LogP contribution in [0, 0.1) is 0 Å². The fraction of sp³-hybridized carbons (Fsp3) is 0.286. The summed E-state index contributed by atoms with van der Waals surface area (Å²) < 4.78 is 6.60. The zero-order chi connectivity index (χ0) is 15.5. The lowest BCUT2D eigenvalue weighted by molar-refractivity contribution is 0.0727. The molecule has 1 aromatic carbocycles. The summed E-state index contributed by atoms with van der Waals surface area (Å²) in [6.07, 6.45) is 1.30. The van der Waals surface area contributed by atoms with Gasteiger partial charge >= 0.3 is 0 Å². The average Bonchev–Trinajstić information content (AvgIpc) is 3.04. The van der Waals surface area contributed by atoms with E-state index in [0.29, 0.717) is 16.7 Å². The molecule has 0 aliphatic rings. The number of anilines is 1. The predicted molar refractivity (Wildman–Crippen MR) is 87.7 cm³/mol. The number of methoxy groups -OCH3 is 1. The molecule has 6 nitrogen and oxygen atoms in total. The Morgan fingerprint density at radius 3 is 2.86 bits per heavy atom. The molecule has 0 aliphatic carbocycles. The number of ether oxygens (including phenoxy) is 1. The van der Waals surface area contributed by atoms with E-state index < -0.39 is 6.10 Å². The Morgan fingerprint density at radius 2 is 2.18 bits per heavy atom. The maximum atomic E-state index is 9.61. The third-order valence-corrected chi connectivity index (χ3v) is 4.16. The number of aliphatic hydroxyl groups is 1. The largest absolute Gasteiger partial charge is 0.389 e. The Balaban J connectivity index is 1.73. The number of fused-ring (bicyclic) bond motifs is 1. The smallest absolute Gasteiger partial charge is 0.214 e. The minimum Gasteiger partial charge on any atom is -0.389 e. The molecule has 22 heavy (non-hydrogen) atoms. The molecular formula is C14H15ClN4O2S. The van der Waals surface area contributed by atoms with Gasteiger partial charge in [-0.2, -0.15) is 0 Å². The lowest BCUT2D eigenvalue weighted by Gasteiger charge is -2.08. The van der Waals surface area contributed by atoms with Gasteiger partial charge in [-0.25, -0.2) is 9.50 Å². The highest BCUT2D eigenvalue weighted by molar-refractivity contribution is 7.20. The van der Waals surface area contributed by atoms with Gasteiger partial charge < -0.3 is 15.2 Å². The summed E-state index contributed by atoms with van der Waals surface area (Å²) in [5.41, 5.74) is 1.84. The summed E-state index contributed by atoms with van der Waals surface area (Å²) in [6, 6.07) is 7.52. The number of hydrogen-bond acceptors (Lipinski definition) is 6. The number of hydrogen-bond donors (Lipinski definition) is 2. The highest BCUT2D eigenvalue weighted by Gasteiger charge is 2.11. The van der Waals surface area contributed by atoms with Crippen LogP contribution in [-0.2, 0) is 4.74 Å². The van der Waals surface area contributed by atoms with Crippen LogP contribution < -0.4 is 5.32 Å². The third kappa shape index (κ3) is 3.38. The summed E-state index contributed by atoms with van der Waals surface area (Å²) in [5, 5.41) is 18.5. The molecule has 3 aromatic rings. The van der Waals surface area contributed by atoms with Gasteiger partial charge in [-0.15, -0.1) is 5.10 Å². The van der Waals surface area contributed by atoms with Gasteiger partial charge in [-0.1, -0.05) is 35.1 Å². The predicted octanol–water partition coefficient (Wildman–Crippen LogP) is 2.53. The van der Waals surface area contributed by atoms with E-state index in [2.05, 4.69) is 15.4 Å². The molecule has 2 N–H and O–H groups in total. The molecule has 1 atom stereocenters. The van der Waals surface area contributed by atoms with E-state index in [1.807, 2.05) is 30.5 Å². The minimum absolute atomic E-state index is 0.288. The van der Waals surface area contributed by atoms with Crippen molar-refractivity contribution in [3.8, 4) is 11.3 Å². The summed E-state index contributed by atoms with van der Waals surface area (Å²) in [4.78, 5) is 5.33. The van der Waals surface area contributed by atoms with Crippen molar-refractivity contribution >= 4 is 33.0 Å². The van der Waals surface area contributed by atoms with Crippen molar-refractivity contribution in [1.29, 1.82) is 0 Å². The fourth-order valence-corrected chi connectivity index (χ4v) is 2.90. The Hall–Kier alpha value is -1.67. The molecule has 0 saturated heterocycles. The Kier molecular flexibility index (Phi) is 4.58. The van der Waals surface area contributed by atoms with Crippen molar-refractivity contribution in [3.63, 3.8) is 0 Å². The summed E-state index contributed by atoms with van der Waals surface area (Å²) in [6.45, 7) is 0.671. The normalized spacial score (nSPS) is 12.7. The molecular weight excluding hydrogens is 324 g/mol. The van der Waals surface area contributed by atoms with Crippen molar-refractivity contribution in [1.82, 2.24) is 14.6 Å². The Labute approximate surface area is 136 Å². The van der Waals surface area contributed by atoms with Crippen LogP contribution in [0.3, 0.4) is 0 Å². The number of imidazole rings is 1. The van der Waals surface area contributed by atoms with E-state index in [9.17, 15) is 5.11 Å². The van der Waals surface area contributed by atoms with Crippen LogP contribution in [0.25, 0.3) is 16.2 Å². The van der Waals surface area contributed by atoms with Crippen LogP contribution in [0.5, 0.6) is 0 Å². The first kappa shape index (κ1) is 15.2. The van der Waals surface area contributed by atoms with E-state index in [1.165, 1.54) is 11.3 Å². The minimum atomic E-state index is -0.564. The zero-order valence-corrected chi connectivity index (χ0v) is 13.4. The van der Waals surface area contributed by atoms with E-state index in [4.69, 9.17) is 16.3 Å². The molecule has 0 aliphatic heterocycles. The molecule has 0 bridgehead atoms. The van der Waals surface area contributed by atoms with Gasteiger partial charge in [0.1, 0.15) is 0 Å². The van der Waals surface area contributed by atoms with Crippen molar-refractivity contribution in [2.24, 2.45) is 0 Å². The van der Waals surface area contributed by atoms with Gasteiger partial charge in [-0.05, 0) is 12.1 Å². The van der Waals surface area contributed by atoms with Gasteiger partial charge in [-0.3, -0.25) is 0 Å². The number of aliphatic hydroxyl groups excluding tert-OH is 1. The second kappa shape index (κ2) is 6.62. The third-order valence-electron chi connectivity index (χ3n) is 3.03. The number of nitrogens with one attached hydrogen (secondary N) is 1. The average molecular weight is 339 g/mol. The first-order valence-electron chi connectivity index (χ1n) is 6.69. The van der Waals surface area contributed by atoms with Crippen molar-refractivity contribution < 1.29 is 9.84 Å². The molecule has 0 saturated carbocycles. The van der Waals surface area contributed by atoms with Gasteiger partial charge in [0, 0.05) is 24.2 Å². The number of nitrogens with zero attached hydrogens (tertiary/aromatic N) is 3. The van der Waals surface area contributed by atoms with Crippen LogP contribution in [0.2, 0.25) is 5.02 Å². The maximum absolute atomic E-state index is 9.61. The maximum Gasteiger partial charge on any atom is 0.214 e. The SMILES string of the molecule is COCC(O)CNc1nn2cc(-c3ccc(Cl)cc3)nc2s1.